The van der Waals surface area contributed by atoms with E-state index in [0.717, 1.165) is 59.6 Å². The highest BCUT2D eigenvalue weighted by Gasteiger charge is 2.24. The molecule has 8 nitrogen and oxygen atoms in total. The highest BCUT2D eigenvalue weighted by Crippen LogP contribution is 2.40. The number of aryl methyl sites for hydroxylation is 1. The number of rotatable bonds is 4. The number of hydrogen-bond acceptors (Lipinski definition) is 6. The molecule has 2 aliphatic rings. The molecule has 0 spiro atoms. The minimum Gasteiger partial charge on any atom is -0.457 e. The van der Waals surface area contributed by atoms with E-state index in [0.29, 0.717) is 23.0 Å². The summed E-state index contributed by atoms with van der Waals surface area (Å²) >= 11 is 0. The molecule has 0 atom stereocenters. The van der Waals surface area contributed by atoms with Gasteiger partial charge >= 0.3 is 5.97 Å². The van der Waals surface area contributed by atoms with Crippen LogP contribution in [0.5, 0.6) is 11.5 Å². The van der Waals surface area contributed by atoms with Crippen molar-refractivity contribution in [3.05, 3.63) is 76.0 Å². The number of aromatic nitrogens is 3. The van der Waals surface area contributed by atoms with Crippen LogP contribution in [0.1, 0.15) is 40.5 Å². The SMILES string of the molecule is Cn1cc(-c2ccc3[nH]c(C4CCOCC4)nc3c2Oc2ccc3c(c2)COC3=O)ccc1=O. The molecule has 0 bridgehead atoms. The van der Waals surface area contributed by atoms with Crippen LogP contribution in [0.2, 0.25) is 0 Å². The fourth-order valence-electron chi connectivity index (χ4n) is 4.61. The molecule has 2 aromatic heterocycles. The molecule has 0 aliphatic carbocycles. The van der Waals surface area contributed by atoms with E-state index in [-0.39, 0.29) is 18.1 Å². The van der Waals surface area contributed by atoms with Crippen molar-refractivity contribution in [2.75, 3.05) is 13.2 Å². The maximum Gasteiger partial charge on any atom is 0.338 e. The van der Waals surface area contributed by atoms with Gasteiger partial charge in [-0.1, -0.05) is 0 Å². The van der Waals surface area contributed by atoms with Crippen molar-refractivity contribution in [2.24, 2.45) is 7.05 Å². The first-order valence-electron chi connectivity index (χ1n) is 11.3. The zero-order chi connectivity index (χ0) is 23.2. The predicted molar refractivity (Wildman–Crippen MR) is 125 cm³/mol. The summed E-state index contributed by atoms with van der Waals surface area (Å²) in [7, 11) is 1.72. The zero-order valence-corrected chi connectivity index (χ0v) is 18.7. The van der Waals surface area contributed by atoms with Crippen molar-refractivity contribution >= 4 is 17.0 Å². The Morgan fingerprint density at radius 3 is 2.71 bits per heavy atom. The second-order valence-corrected chi connectivity index (χ2v) is 8.71. The summed E-state index contributed by atoms with van der Waals surface area (Å²) in [5, 5.41) is 0. The molecular formula is C26H23N3O5. The number of esters is 1. The van der Waals surface area contributed by atoms with Gasteiger partial charge in [0.1, 0.15) is 23.7 Å². The molecule has 1 saturated heterocycles. The van der Waals surface area contributed by atoms with Crippen molar-refractivity contribution in [2.45, 2.75) is 25.4 Å². The molecule has 34 heavy (non-hydrogen) atoms. The van der Waals surface area contributed by atoms with E-state index >= 15 is 0 Å². The minimum absolute atomic E-state index is 0.0860. The lowest BCUT2D eigenvalue weighted by Crippen LogP contribution is -2.15. The lowest BCUT2D eigenvalue weighted by molar-refractivity contribution is 0.0535. The fraction of sp³-hybridized carbons (Fsp3) is 0.269. The summed E-state index contributed by atoms with van der Waals surface area (Å²) in [5.41, 5.74) is 4.53. The molecule has 0 unspecified atom stereocenters. The number of nitrogens with one attached hydrogen (secondary N) is 1. The van der Waals surface area contributed by atoms with E-state index in [2.05, 4.69) is 4.98 Å². The topological polar surface area (TPSA) is 95.4 Å². The van der Waals surface area contributed by atoms with E-state index in [1.165, 1.54) is 0 Å². The van der Waals surface area contributed by atoms with E-state index in [1.54, 1.807) is 42.1 Å². The van der Waals surface area contributed by atoms with E-state index < -0.39 is 0 Å². The quantitative estimate of drug-likeness (QED) is 0.460. The Hall–Kier alpha value is -3.91. The number of nitrogens with zero attached hydrogens (tertiary/aromatic N) is 2. The Morgan fingerprint density at radius 1 is 1.06 bits per heavy atom. The Morgan fingerprint density at radius 2 is 1.88 bits per heavy atom. The average Bonchev–Trinajstić information content (AvgIpc) is 3.46. The number of hydrogen-bond donors (Lipinski definition) is 1. The smallest absolute Gasteiger partial charge is 0.338 e. The summed E-state index contributed by atoms with van der Waals surface area (Å²) in [4.78, 5) is 32.2. The summed E-state index contributed by atoms with van der Waals surface area (Å²) in [6, 6.07) is 12.6. The second kappa shape index (κ2) is 8.14. The molecule has 0 amide bonds. The van der Waals surface area contributed by atoms with Gasteiger partial charge in [0.05, 0.1) is 11.1 Å². The number of cyclic esters (lactones) is 1. The third kappa shape index (κ3) is 3.56. The molecule has 172 valence electrons. The number of ether oxygens (including phenoxy) is 3. The molecule has 4 heterocycles. The third-order valence-corrected chi connectivity index (χ3v) is 6.51. The van der Waals surface area contributed by atoms with Gasteiger partial charge in [0.25, 0.3) is 0 Å². The number of carbonyl (C=O) groups is 1. The van der Waals surface area contributed by atoms with Gasteiger partial charge in [0.2, 0.25) is 5.56 Å². The van der Waals surface area contributed by atoms with E-state index in [9.17, 15) is 9.59 Å². The monoisotopic (exact) mass is 457 g/mol. The first-order chi connectivity index (χ1) is 16.6. The maximum absolute atomic E-state index is 12.0. The number of pyridine rings is 1. The summed E-state index contributed by atoms with van der Waals surface area (Å²) in [5.74, 6) is 2.09. The molecule has 2 aliphatic heterocycles. The summed E-state index contributed by atoms with van der Waals surface area (Å²) < 4.78 is 18.6. The number of fused-ring (bicyclic) bond motifs is 2. The predicted octanol–water partition coefficient (Wildman–Crippen LogP) is 4.29. The van der Waals surface area contributed by atoms with Gasteiger partial charge in [0, 0.05) is 55.1 Å². The van der Waals surface area contributed by atoms with Crippen molar-refractivity contribution < 1.29 is 19.0 Å². The summed E-state index contributed by atoms with van der Waals surface area (Å²) in [6.07, 6.45) is 3.63. The number of H-pyrrole nitrogens is 1. The van der Waals surface area contributed by atoms with Crippen molar-refractivity contribution in [1.29, 1.82) is 0 Å². The summed E-state index contributed by atoms with van der Waals surface area (Å²) in [6.45, 7) is 1.69. The minimum atomic E-state index is -0.317. The number of benzene rings is 2. The molecule has 1 fully saturated rings. The number of imidazole rings is 1. The number of carbonyl (C=O) groups excluding carboxylic acids is 1. The molecule has 4 aromatic rings. The number of aromatic amines is 1. The molecule has 2 aromatic carbocycles. The average molecular weight is 457 g/mol. The first-order valence-corrected chi connectivity index (χ1v) is 11.3. The lowest BCUT2D eigenvalue weighted by atomic mass is 10.00. The Bertz CT molecular complexity index is 1480. The van der Waals surface area contributed by atoms with Gasteiger partial charge in [-0.2, -0.15) is 0 Å². The van der Waals surface area contributed by atoms with Crippen LogP contribution in [-0.4, -0.2) is 33.7 Å². The molecule has 6 rings (SSSR count). The van der Waals surface area contributed by atoms with Crippen molar-refractivity contribution in [1.82, 2.24) is 14.5 Å². The highest BCUT2D eigenvalue weighted by molar-refractivity contribution is 5.94. The normalized spacial score (nSPS) is 16.0. The van der Waals surface area contributed by atoms with E-state index in [1.807, 2.05) is 18.2 Å². The van der Waals surface area contributed by atoms with Crippen LogP contribution >= 0.6 is 0 Å². The van der Waals surface area contributed by atoms with Gasteiger partial charge in [-0.3, -0.25) is 4.79 Å². The molecular weight excluding hydrogens is 434 g/mol. The van der Waals surface area contributed by atoms with Gasteiger partial charge < -0.3 is 23.8 Å². The highest BCUT2D eigenvalue weighted by atomic mass is 16.5. The largest absolute Gasteiger partial charge is 0.457 e. The Labute approximate surface area is 195 Å². The molecule has 8 heteroatoms. The van der Waals surface area contributed by atoms with Crippen LogP contribution in [0.25, 0.3) is 22.2 Å². The standard InChI is InChI=1S/C26H23N3O5/c1-29-13-16(2-7-22(29)30)19-5-6-21-23(28-25(27-21)15-8-10-32-11-9-15)24(19)34-18-3-4-20-17(12-18)14-33-26(20)31/h2-7,12-13,15H,8-11,14H2,1H3,(H,27,28). The van der Waals surface area contributed by atoms with Crippen LogP contribution in [-0.2, 0) is 23.1 Å². The van der Waals surface area contributed by atoms with Crippen molar-refractivity contribution in [3.8, 4) is 22.6 Å². The van der Waals surface area contributed by atoms with Crippen molar-refractivity contribution in [3.63, 3.8) is 0 Å². The first kappa shape index (κ1) is 20.7. The van der Waals surface area contributed by atoms with Gasteiger partial charge in [0.15, 0.2) is 5.75 Å². The fourth-order valence-corrected chi connectivity index (χ4v) is 4.61. The second-order valence-electron chi connectivity index (χ2n) is 8.71. The van der Waals surface area contributed by atoms with E-state index in [4.69, 9.17) is 19.2 Å². The zero-order valence-electron chi connectivity index (χ0n) is 18.7. The van der Waals surface area contributed by atoms with Gasteiger partial charge in [-0.15, -0.1) is 0 Å². The molecule has 0 radical (unpaired) electrons. The van der Waals surface area contributed by atoms with Crippen LogP contribution in [0.15, 0.2) is 53.5 Å². The Balaban J connectivity index is 1.49. The Kier molecular flexibility index (Phi) is 4.95. The maximum atomic E-state index is 12.0. The molecule has 0 saturated carbocycles. The molecule has 1 N–H and O–H groups in total. The van der Waals surface area contributed by atoms with Crippen LogP contribution in [0.3, 0.4) is 0 Å². The van der Waals surface area contributed by atoms with Gasteiger partial charge in [-0.25, -0.2) is 9.78 Å². The van der Waals surface area contributed by atoms with Gasteiger partial charge in [-0.05, 0) is 49.2 Å². The van der Waals surface area contributed by atoms with Crippen LogP contribution < -0.4 is 10.3 Å². The van der Waals surface area contributed by atoms with Crippen LogP contribution in [0.4, 0.5) is 0 Å². The third-order valence-electron chi connectivity index (χ3n) is 6.51. The van der Waals surface area contributed by atoms with Crippen LogP contribution in [0, 0.1) is 0 Å². The lowest BCUT2D eigenvalue weighted by Gasteiger charge is -2.19.